The van der Waals surface area contributed by atoms with Crippen LogP contribution in [0.25, 0.3) is 10.9 Å². The number of hydrogen-bond acceptors (Lipinski definition) is 2. The van der Waals surface area contributed by atoms with Crippen molar-refractivity contribution in [3.8, 4) is 0 Å². The normalized spacial score (nSPS) is 10.8. The van der Waals surface area contributed by atoms with E-state index < -0.39 is 0 Å². The number of hydrogen-bond donors (Lipinski definition) is 1. The van der Waals surface area contributed by atoms with E-state index in [2.05, 4.69) is 5.32 Å². The first kappa shape index (κ1) is 17.5. The molecule has 128 valence electrons. The fourth-order valence-corrected chi connectivity index (χ4v) is 3.34. The van der Waals surface area contributed by atoms with Crippen LogP contribution in [-0.2, 0) is 13.5 Å². The third-order valence-corrected chi connectivity index (χ3v) is 4.46. The molecule has 2 aromatic carbocycles. The molecule has 0 saturated heterocycles. The predicted octanol–water partition coefficient (Wildman–Crippen LogP) is 3.82. The molecule has 0 aliphatic carbocycles. The minimum atomic E-state index is -0.276. The lowest BCUT2D eigenvalue weighted by molar-refractivity contribution is 0.0955. The lowest BCUT2D eigenvalue weighted by Gasteiger charge is -2.11. The minimum absolute atomic E-state index is 0.217. The Hall–Kier alpha value is -2.30. The molecule has 0 aliphatic rings. The number of halogens is 2. The number of para-hydroxylation sites is 1. The lowest BCUT2D eigenvalue weighted by Crippen LogP contribution is -2.28. The number of aryl methyl sites for hydroxylation is 1. The number of nitrogens with one attached hydrogen (secondary N) is 1. The van der Waals surface area contributed by atoms with Gasteiger partial charge in [0.15, 0.2) is 0 Å². The van der Waals surface area contributed by atoms with Crippen LogP contribution >= 0.6 is 23.2 Å². The fraction of sp³-hybridized carbons (Fsp3) is 0.158. The summed E-state index contributed by atoms with van der Waals surface area (Å²) in [5.41, 5.74) is 1.82. The Morgan fingerprint density at radius 2 is 1.76 bits per heavy atom. The van der Waals surface area contributed by atoms with E-state index in [-0.39, 0.29) is 11.5 Å². The second kappa shape index (κ2) is 7.30. The third-order valence-electron chi connectivity index (χ3n) is 4.02. The highest BCUT2D eigenvalue weighted by Crippen LogP contribution is 2.19. The molecule has 0 atom stereocenters. The van der Waals surface area contributed by atoms with Gasteiger partial charge in [-0.3, -0.25) is 9.59 Å². The minimum Gasteiger partial charge on any atom is -0.352 e. The number of aromatic nitrogens is 1. The van der Waals surface area contributed by atoms with Crippen LogP contribution in [0, 0.1) is 0 Å². The molecule has 0 spiro atoms. The second-order valence-corrected chi connectivity index (χ2v) is 6.63. The monoisotopic (exact) mass is 374 g/mol. The lowest BCUT2D eigenvalue weighted by atomic mass is 10.1. The Kier molecular flexibility index (Phi) is 5.11. The molecule has 0 bridgehead atoms. The average molecular weight is 375 g/mol. The summed E-state index contributed by atoms with van der Waals surface area (Å²) in [6.45, 7) is 0.416. The van der Waals surface area contributed by atoms with Crippen LogP contribution in [0.1, 0.15) is 15.9 Å². The van der Waals surface area contributed by atoms with Crippen LogP contribution in [0.3, 0.4) is 0 Å². The molecule has 1 heterocycles. The summed E-state index contributed by atoms with van der Waals surface area (Å²) in [6.07, 6.45) is 0.592. The zero-order valence-electron chi connectivity index (χ0n) is 13.6. The molecule has 4 nitrogen and oxygen atoms in total. The van der Waals surface area contributed by atoms with Gasteiger partial charge in [0, 0.05) is 35.1 Å². The molecular formula is C19H16Cl2N2O2. The first-order valence-corrected chi connectivity index (χ1v) is 8.53. The number of fused-ring (bicyclic) bond motifs is 1. The molecule has 1 amide bonds. The van der Waals surface area contributed by atoms with Crippen molar-refractivity contribution >= 4 is 40.0 Å². The van der Waals surface area contributed by atoms with Gasteiger partial charge in [-0.2, -0.15) is 0 Å². The number of carbonyl (C=O) groups is 1. The number of pyridine rings is 1. The van der Waals surface area contributed by atoms with Crippen LogP contribution in [0.4, 0.5) is 0 Å². The van der Waals surface area contributed by atoms with Crippen LogP contribution < -0.4 is 10.9 Å². The maximum atomic E-state index is 12.5. The number of rotatable bonds is 4. The largest absolute Gasteiger partial charge is 0.352 e. The standard InChI is InChI=1S/C19H16Cl2N2O2/c1-23-17-5-3-2-4-15(17)16(11-18(23)24)19(25)22-7-6-12-8-13(20)10-14(21)9-12/h2-5,8-11H,6-7H2,1H3,(H,22,25). The van der Waals surface area contributed by atoms with Crippen LogP contribution in [0.2, 0.25) is 10.0 Å². The molecule has 25 heavy (non-hydrogen) atoms. The summed E-state index contributed by atoms with van der Waals surface area (Å²) < 4.78 is 1.53. The zero-order chi connectivity index (χ0) is 18.0. The van der Waals surface area contributed by atoms with Crippen molar-refractivity contribution in [2.75, 3.05) is 6.54 Å². The summed E-state index contributed by atoms with van der Waals surface area (Å²) in [6, 6.07) is 14.0. The van der Waals surface area contributed by atoms with Gasteiger partial charge in [-0.05, 0) is 36.2 Å². The van der Waals surface area contributed by atoms with E-state index in [1.807, 2.05) is 36.4 Å². The van der Waals surface area contributed by atoms with Gasteiger partial charge in [0.1, 0.15) is 0 Å². The second-order valence-electron chi connectivity index (χ2n) is 5.76. The van der Waals surface area contributed by atoms with E-state index in [4.69, 9.17) is 23.2 Å². The van der Waals surface area contributed by atoms with Gasteiger partial charge in [0.2, 0.25) is 0 Å². The van der Waals surface area contributed by atoms with Gasteiger partial charge < -0.3 is 9.88 Å². The zero-order valence-corrected chi connectivity index (χ0v) is 15.1. The molecule has 3 aromatic rings. The predicted molar refractivity (Wildman–Crippen MR) is 102 cm³/mol. The molecule has 1 aromatic heterocycles. The molecule has 0 saturated carbocycles. The Balaban J connectivity index is 1.79. The van der Waals surface area contributed by atoms with Gasteiger partial charge in [-0.25, -0.2) is 0 Å². The van der Waals surface area contributed by atoms with Gasteiger partial charge in [0.25, 0.3) is 11.5 Å². The van der Waals surface area contributed by atoms with Crippen molar-refractivity contribution in [1.29, 1.82) is 0 Å². The van der Waals surface area contributed by atoms with Gasteiger partial charge in [-0.1, -0.05) is 41.4 Å². The quantitative estimate of drug-likeness (QED) is 0.754. The highest BCUT2D eigenvalue weighted by molar-refractivity contribution is 6.34. The molecule has 0 fully saturated rings. The van der Waals surface area contributed by atoms with Crippen molar-refractivity contribution < 1.29 is 4.79 Å². The molecule has 3 rings (SSSR count). The van der Waals surface area contributed by atoms with E-state index in [1.165, 1.54) is 10.6 Å². The maximum absolute atomic E-state index is 12.5. The summed E-state index contributed by atoms with van der Waals surface area (Å²) in [7, 11) is 1.69. The Labute approximate surface area is 155 Å². The fourth-order valence-electron chi connectivity index (χ4n) is 2.77. The molecule has 1 N–H and O–H groups in total. The molecule has 0 aliphatic heterocycles. The van der Waals surface area contributed by atoms with Crippen molar-refractivity contribution in [3.05, 3.63) is 80.1 Å². The molecular weight excluding hydrogens is 359 g/mol. The van der Waals surface area contributed by atoms with E-state index in [0.717, 1.165) is 16.5 Å². The number of amides is 1. The van der Waals surface area contributed by atoms with Crippen LogP contribution in [-0.4, -0.2) is 17.0 Å². The van der Waals surface area contributed by atoms with Gasteiger partial charge >= 0.3 is 0 Å². The third kappa shape index (κ3) is 3.86. The van der Waals surface area contributed by atoms with Crippen molar-refractivity contribution in [3.63, 3.8) is 0 Å². The summed E-state index contributed by atoms with van der Waals surface area (Å²) in [5.74, 6) is -0.276. The summed E-state index contributed by atoms with van der Waals surface area (Å²) in [5, 5.41) is 4.72. The SMILES string of the molecule is Cn1c(=O)cc(C(=O)NCCc2cc(Cl)cc(Cl)c2)c2ccccc21. The number of nitrogens with zero attached hydrogens (tertiary/aromatic N) is 1. The van der Waals surface area contributed by atoms with Crippen LogP contribution in [0.15, 0.2) is 53.3 Å². The average Bonchev–Trinajstić information content (AvgIpc) is 2.57. The topological polar surface area (TPSA) is 51.1 Å². The van der Waals surface area contributed by atoms with Crippen LogP contribution in [0.5, 0.6) is 0 Å². The number of benzene rings is 2. The first-order valence-electron chi connectivity index (χ1n) is 7.77. The highest BCUT2D eigenvalue weighted by atomic mass is 35.5. The Bertz CT molecular complexity index is 992. The van der Waals surface area contributed by atoms with E-state index in [0.29, 0.717) is 28.6 Å². The van der Waals surface area contributed by atoms with E-state index >= 15 is 0 Å². The summed E-state index contributed by atoms with van der Waals surface area (Å²) in [4.78, 5) is 24.6. The van der Waals surface area contributed by atoms with Crippen molar-refractivity contribution in [1.82, 2.24) is 9.88 Å². The maximum Gasteiger partial charge on any atom is 0.252 e. The van der Waals surface area contributed by atoms with Gasteiger partial charge in [-0.15, -0.1) is 0 Å². The van der Waals surface area contributed by atoms with E-state index in [1.54, 1.807) is 13.1 Å². The molecule has 6 heteroatoms. The highest BCUT2D eigenvalue weighted by Gasteiger charge is 2.13. The Morgan fingerprint density at radius 1 is 1.08 bits per heavy atom. The number of carbonyl (C=O) groups excluding carboxylic acids is 1. The first-order chi connectivity index (χ1) is 12.0. The van der Waals surface area contributed by atoms with E-state index in [9.17, 15) is 9.59 Å². The van der Waals surface area contributed by atoms with Crippen molar-refractivity contribution in [2.24, 2.45) is 7.05 Å². The molecule has 0 unspecified atom stereocenters. The van der Waals surface area contributed by atoms with Gasteiger partial charge in [0.05, 0.1) is 11.1 Å². The van der Waals surface area contributed by atoms with Crippen molar-refractivity contribution in [2.45, 2.75) is 6.42 Å². The summed E-state index contributed by atoms with van der Waals surface area (Å²) >= 11 is 12.0. The molecule has 0 radical (unpaired) electrons. The smallest absolute Gasteiger partial charge is 0.252 e. The Morgan fingerprint density at radius 3 is 2.48 bits per heavy atom.